The molecule has 29 heavy (non-hydrogen) atoms. The van der Waals surface area contributed by atoms with Crippen molar-refractivity contribution >= 4 is 43.4 Å². The number of H-pyrrole nitrogens is 1. The fraction of sp³-hybridized carbons (Fsp3) is 0.143. The number of sulfonamides is 1. The van der Waals surface area contributed by atoms with Gasteiger partial charge in [0.25, 0.3) is 10.0 Å². The predicted octanol–water partition coefficient (Wildman–Crippen LogP) is 3.10. The van der Waals surface area contributed by atoms with Crippen LogP contribution in [-0.4, -0.2) is 30.8 Å². The summed E-state index contributed by atoms with van der Waals surface area (Å²) in [5.74, 6) is 0.223. The summed E-state index contributed by atoms with van der Waals surface area (Å²) in [6.07, 6.45) is 0. The second kappa shape index (κ2) is 6.31. The van der Waals surface area contributed by atoms with Gasteiger partial charge in [-0.15, -0.1) is 0 Å². The zero-order valence-corrected chi connectivity index (χ0v) is 16.4. The maximum absolute atomic E-state index is 13.0. The molecule has 0 saturated heterocycles. The summed E-state index contributed by atoms with van der Waals surface area (Å²) in [6.45, 7) is 1.52. The van der Waals surface area contributed by atoms with E-state index in [-0.39, 0.29) is 11.4 Å². The maximum Gasteiger partial charge on any atom is 0.265 e. The highest BCUT2D eigenvalue weighted by Gasteiger charge is 2.36. The van der Waals surface area contributed by atoms with E-state index in [9.17, 15) is 13.2 Å². The van der Waals surface area contributed by atoms with Gasteiger partial charge in [-0.05, 0) is 36.6 Å². The van der Waals surface area contributed by atoms with Gasteiger partial charge in [0.15, 0.2) is 0 Å². The number of benzene rings is 3. The van der Waals surface area contributed by atoms with Crippen molar-refractivity contribution in [2.45, 2.75) is 17.9 Å². The molecule has 8 heteroatoms. The third-order valence-corrected chi connectivity index (χ3v) is 6.97. The number of anilines is 1. The largest absolute Gasteiger partial charge is 0.345 e. The normalized spacial score (nSPS) is 15.7. The van der Waals surface area contributed by atoms with Crippen LogP contribution < -0.4 is 9.62 Å². The van der Waals surface area contributed by atoms with Gasteiger partial charge in [0.05, 0.1) is 27.7 Å². The minimum atomic E-state index is -3.77. The molecule has 0 saturated carbocycles. The molecule has 0 spiro atoms. The Morgan fingerprint density at radius 3 is 2.66 bits per heavy atom. The van der Waals surface area contributed by atoms with Gasteiger partial charge in [-0.2, -0.15) is 0 Å². The van der Waals surface area contributed by atoms with E-state index in [1.807, 2.05) is 43.3 Å². The number of fused-ring (bicyclic) bond motifs is 1. The molecule has 1 atom stereocenters. The lowest BCUT2D eigenvalue weighted by molar-refractivity contribution is -0.120. The molecule has 7 nitrogen and oxygen atoms in total. The number of carbonyl (C=O) groups excluding carboxylic acids is 1. The number of aromatic amines is 1. The molecule has 1 aliphatic heterocycles. The van der Waals surface area contributed by atoms with Crippen molar-refractivity contribution < 1.29 is 13.2 Å². The van der Waals surface area contributed by atoms with Gasteiger partial charge in [-0.3, -0.25) is 9.10 Å². The number of aromatic nitrogens is 2. The fourth-order valence-corrected chi connectivity index (χ4v) is 5.46. The molecular formula is C21H18N4O3S. The lowest BCUT2D eigenvalue weighted by atomic mass is 10.1. The molecule has 0 fully saturated rings. The molecule has 2 heterocycles. The first kappa shape index (κ1) is 17.7. The van der Waals surface area contributed by atoms with E-state index in [0.29, 0.717) is 16.9 Å². The Labute approximate surface area is 167 Å². The van der Waals surface area contributed by atoms with Crippen LogP contribution in [0.25, 0.3) is 21.8 Å². The molecule has 5 rings (SSSR count). The summed E-state index contributed by atoms with van der Waals surface area (Å²) >= 11 is 0. The van der Waals surface area contributed by atoms with Crippen molar-refractivity contribution in [1.29, 1.82) is 0 Å². The first-order valence-corrected chi connectivity index (χ1v) is 10.7. The van der Waals surface area contributed by atoms with E-state index < -0.39 is 22.0 Å². The summed E-state index contributed by atoms with van der Waals surface area (Å²) in [5, 5.41) is 4.34. The molecule has 0 unspecified atom stereocenters. The zero-order chi connectivity index (χ0) is 20.2. The van der Waals surface area contributed by atoms with E-state index in [1.54, 1.807) is 24.3 Å². The van der Waals surface area contributed by atoms with Gasteiger partial charge < -0.3 is 10.3 Å². The lowest BCUT2D eigenvalue weighted by Gasteiger charge is -2.19. The van der Waals surface area contributed by atoms with Gasteiger partial charge in [0.1, 0.15) is 12.4 Å². The highest BCUT2D eigenvalue weighted by atomic mass is 32.2. The van der Waals surface area contributed by atoms with Crippen LogP contribution in [0.5, 0.6) is 0 Å². The maximum atomic E-state index is 13.0. The number of nitrogens with one attached hydrogen (secondary N) is 2. The Morgan fingerprint density at radius 2 is 1.86 bits per heavy atom. The van der Waals surface area contributed by atoms with Crippen LogP contribution in [0.15, 0.2) is 65.6 Å². The Kier molecular flexibility index (Phi) is 3.85. The quantitative estimate of drug-likeness (QED) is 0.544. The summed E-state index contributed by atoms with van der Waals surface area (Å²) in [7, 11) is -3.77. The first-order chi connectivity index (χ1) is 13.9. The molecule has 3 aromatic carbocycles. The van der Waals surface area contributed by atoms with E-state index >= 15 is 0 Å². The number of hydrogen-bond acceptors (Lipinski definition) is 4. The topological polar surface area (TPSA) is 95.2 Å². The molecule has 2 N–H and O–H groups in total. The number of carbonyl (C=O) groups is 1. The molecule has 0 radical (unpaired) electrons. The second-order valence-electron chi connectivity index (χ2n) is 7.07. The van der Waals surface area contributed by atoms with E-state index in [1.165, 1.54) is 4.31 Å². The van der Waals surface area contributed by atoms with Crippen molar-refractivity contribution in [3.8, 4) is 0 Å². The van der Waals surface area contributed by atoms with Crippen molar-refractivity contribution in [2.75, 3.05) is 10.8 Å². The van der Waals surface area contributed by atoms with Crippen LogP contribution in [0.3, 0.4) is 0 Å². The molecule has 0 bridgehead atoms. The third-order valence-electron chi connectivity index (χ3n) is 5.16. The van der Waals surface area contributed by atoms with Crippen LogP contribution in [-0.2, 0) is 14.8 Å². The van der Waals surface area contributed by atoms with Crippen LogP contribution >= 0.6 is 0 Å². The van der Waals surface area contributed by atoms with Crippen molar-refractivity contribution in [1.82, 2.24) is 15.3 Å². The Balaban J connectivity index is 1.40. The third kappa shape index (κ3) is 2.75. The van der Waals surface area contributed by atoms with Gasteiger partial charge in [0.2, 0.25) is 5.91 Å². The average Bonchev–Trinajstić information content (AvgIpc) is 3.23. The molecule has 1 aliphatic rings. The SMILES string of the molecule is C[C@@H](NC(=O)CN1c2cccc3cccc(c23)S1(=O)=O)c1nc2ccccc2[nH]1. The van der Waals surface area contributed by atoms with Crippen molar-refractivity contribution in [3.05, 3.63) is 66.5 Å². The highest BCUT2D eigenvalue weighted by molar-refractivity contribution is 7.93. The summed E-state index contributed by atoms with van der Waals surface area (Å²) in [4.78, 5) is 20.6. The van der Waals surface area contributed by atoms with Crippen LogP contribution in [0, 0.1) is 0 Å². The number of nitrogens with zero attached hydrogens (tertiary/aromatic N) is 2. The summed E-state index contributed by atoms with van der Waals surface area (Å²) < 4.78 is 27.2. The summed E-state index contributed by atoms with van der Waals surface area (Å²) in [6, 6.07) is 17.8. The zero-order valence-electron chi connectivity index (χ0n) is 15.6. The Morgan fingerprint density at radius 1 is 1.10 bits per heavy atom. The standard InChI is InChI=1S/C21H18N4O3S/c1-13(21-23-15-8-2-3-9-16(15)24-21)22-19(26)12-25-17-10-4-6-14-7-5-11-18(20(14)17)29(25,27)28/h2-11,13H,12H2,1H3,(H,22,26)(H,23,24)/t13-/m1/s1. The van der Waals surface area contributed by atoms with Gasteiger partial charge in [-0.1, -0.05) is 36.4 Å². The molecule has 1 amide bonds. The van der Waals surface area contributed by atoms with Crippen LogP contribution in [0.1, 0.15) is 18.8 Å². The Bertz CT molecular complexity index is 1340. The van der Waals surface area contributed by atoms with Gasteiger partial charge >= 0.3 is 0 Å². The van der Waals surface area contributed by atoms with Crippen molar-refractivity contribution in [2.24, 2.45) is 0 Å². The number of amides is 1. The molecule has 0 aliphatic carbocycles. The van der Waals surface area contributed by atoms with Gasteiger partial charge in [0, 0.05) is 5.39 Å². The average molecular weight is 406 g/mol. The monoisotopic (exact) mass is 406 g/mol. The second-order valence-corrected chi connectivity index (χ2v) is 8.90. The smallest absolute Gasteiger partial charge is 0.265 e. The Hall–Kier alpha value is -3.39. The van der Waals surface area contributed by atoms with E-state index in [0.717, 1.165) is 16.4 Å². The molecule has 4 aromatic rings. The van der Waals surface area contributed by atoms with E-state index in [4.69, 9.17) is 0 Å². The summed E-state index contributed by atoms with van der Waals surface area (Å²) in [5.41, 5.74) is 2.23. The molecular weight excluding hydrogens is 388 g/mol. The van der Waals surface area contributed by atoms with Crippen LogP contribution in [0.2, 0.25) is 0 Å². The highest BCUT2D eigenvalue weighted by Crippen LogP contribution is 2.41. The number of rotatable bonds is 4. The fourth-order valence-electron chi connectivity index (χ4n) is 3.79. The lowest BCUT2D eigenvalue weighted by Crippen LogP contribution is -2.40. The minimum Gasteiger partial charge on any atom is -0.345 e. The minimum absolute atomic E-state index is 0.240. The number of hydrogen-bond donors (Lipinski definition) is 2. The van der Waals surface area contributed by atoms with Crippen LogP contribution in [0.4, 0.5) is 5.69 Å². The first-order valence-electron chi connectivity index (χ1n) is 9.23. The molecule has 1 aromatic heterocycles. The number of para-hydroxylation sites is 2. The van der Waals surface area contributed by atoms with Crippen molar-refractivity contribution in [3.63, 3.8) is 0 Å². The predicted molar refractivity (Wildman–Crippen MR) is 111 cm³/mol. The van der Waals surface area contributed by atoms with Gasteiger partial charge in [-0.25, -0.2) is 13.4 Å². The van der Waals surface area contributed by atoms with E-state index in [2.05, 4.69) is 15.3 Å². The molecule has 146 valence electrons. The number of imidazole rings is 1.